The Balaban J connectivity index is 1.40. The molecule has 29 heavy (non-hydrogen) atoms. The van der Waals surface area contributed by atoms with Gasteiger partial charge < -0.3 is 18.6 Å². The number of nitrogens with zero attached hydrogens (tertiary/aromatic N) is 5. The van der Waals surface area contributed by atoms with Crippen LogP contribution in [-0.2, 0) is 13.1 Å². The summed E-state index contributed by atoms with van der Waals surface area (Å²) in [7, 11) is 0. The number of fused-ring (bicyclic) bond motifs is 2. The monoisotopic (exact) mass is 389 g/mol. The molecule has 0 aliphatic carbocycles. The Morgan fingerprint density at radius 3 is 2.93 bits per heavy atom. The molecule has 1 aliphatic rings. The van der Waals surface area contributed by atoms with Gasteiger partial charge in [0.1, 0.15) is 5.82 Å². The van der Waals surface area contributed by atoms with Crippen molar-refractivity contribution in [3.05, 3.63) is 71.6 Å². The summed E-state index contributed by atoms with van der Waals surface area (Å²) in [6.07, 6.45) is 2.94. The predicted molar refractivity (Wildman–Crippen MR) is 109 cm³/mol. The van der Waals surface area contributed by atoms with Crippen molar-refractivity contribution in [2.45, 2.75) is 39.4 Å². The number of amides is 1. The second-order valence-corrected chi connectivity index (χ2v) is 7.46. The molecule has 7 heteroatoms. The lowest BCUT2D eigenvalue weighted by Crippen LogP contribution is -2.41. The summed E-state index contributed by atoms with van der Waals surface area (Å²) in [5.74, 6) is 1.47. The zero-order chi connectivity index (χ0) is 20.0. The van der Waals surface area contributed by atoms with E-state index in [1.165, 1.54) is 5.69 Å². The molecule has 1 aliphatic heterocycles. The highest BCUT2D eigenvalue weighted by Gasteiger charge is 2.31. The topological polar surface area (TPSA) is 69.1 Å². The largest absolute Gasteiger partial charge is 0.359 e. The predicted octanol–water partition coefficient (Wildman–Crippen LogP) is 3.79. The van der Waals surface area contributed by atoms with Crippen LogP contribution in [0.2, 0.25) is 0 Å². The lowest BCUT2D eigenvalue weighted by atomic mass is 10.1. The molecule has 4 aromatic rings. The van der Waals surface area contributed by atoms with E-state index in [-0.39, 0.29) is 11.9 Å². The maximum Gasteiger partial charge on any atom is 0.276 e. The van der Waals surface area contributed by atoms with Crippen LogP contribution >= 0.6 is 0 Å². The molecule has 1 unspecified atom stereocenters. The minimum atomic E-state index is -0.0773. The van der Waals surface area contributed by atoms with E-state index in [1.54, 1.807) is 6.07 Å². The first kappa shape index (κ1) is 17.7. The van der Waals surface area contributed by atoms with E-state index >= 15 is 0 Å². The smallest absolute Gasteiger partial charge is 0.276 e. The second kappa shape index (κ2) is 6.92. The molecular weight excluding hydrogens is 366 g/mol. The third-order valence-corrected chi connectivity index (χ3v) is 5.75. The Bertz CT molecular complexity index is 1180. The second-order valence-electron chi connectivity index (χ2n) is 7.46. The molecule has 0 saturated heterocycles. The number of aromatic nitrogens is 4. The molecule has 0 fully saturated rings. The average molecular weight is 389 g/mol. The van der Waals surface area contributed by atoms with Crippen molar-refractivity contribution in [1.29, 1.82) is 0 Å². The van der Waals surface area contributed by atoms with Crippen LogP contribution in [0.5, 0.6) is 0 Å². The highest BCUT2D eigenvalue weighted by molar-refractivity contribution is 5.92. The van der Waals surface area contributed by atoms with E-state index in [0.717, 1.165) is 29.8 Å². The molecule has 4 heterocycles. The molecule has 0 N–H and O–H groups in total. The number of carbonyl (C=O) groups is 1. The molecule has 148 valence electrons. The highest BCUT2D eigenvalue weighted by atomic mass is 16.5. The van der Waals surface area contributed by atoms with E-state index < -0.39 is 0 Å². The number of imidazole rings is 1. The fourth-order valence-electron chi connectivity index (χ4n) is 4.32. The summed E-state index contributed by atoms with van der Waals surface area (Å²) in [5.41, 5.74) is 3.52. The van der Waals surface area contributed by atoms with Crippen LogP contribution in [-0.4, -0.2) is 36.6 Å². The molecule has 3 aromatic heterocycles. The number of hydrogen-bond donors (Lipinski definition) is 0. The van der Waals surface area contributed by atoms with Crippen LogP contribution < -0.4 is 0 Å². The van der Waals surface area contributed by atoms with Gasteiger partial charge in [0.25, 0.3) is 5.91 Å². The van der Waals surface area contributed by atoms with Gasteiger partial charge in [-0.2, -0.15) is 0 Å². The van der Waals surface area contributed by atoms with Gasteiger partial charge >= 0.3 is 0 Å². The first-order chi connectivity index (χ1) is 14.2. The first-order valence-electron chi connectivity index (χ1n) is 9.99. The molecule has 7 nitrogen and oxygen atoms in total. The van der Waals surface area contributed by atoms with Crippen LogP contribution in [0.4, 0.5) is 0 Å². The number of benzene rings is 1. The lowest BCUT2D eigenvalue weighted by Gasteiger charge is -2.36. The van der Waals surface area contributed by atoms with Crippen molar-refractivity contribution in [2.24, 2.45) is 0 Å². The summed E-state index contributed by atoms with van der Waals surface area (Å²) < 4.78 is 9.82. The number of aryl methyl sites for hydroxylation is 1. The van der Waals surface area contributed by atoms with Gasteiger partial charge in [0.05, 0.1) is 23.6 Å². The van der Waals surface area contributed by atoms with Crippen molar-refractivity contribution < 1.29 is 9.32 Å². The minimum absolute atomic E-state index is 0.0613. The fourth-order valence-corrected chi connectivity index (χ4v) is 4.32. The SMILES string of the molecule is CCC1c2cccn2CCN1C(=O)c1cc(Cn2c(C)nc3ccccc32)on1. The summed E-state index contributed by atoms with van der Waals surface area (Å²) in [5, 5.41) is 4.09. The molecule has 0 radical (unpaired) electrons. The zero-order valence-corrected chi connectivity index (χ0v) is 16.6. The van der Waals surface area contributed by atoms with Crippen LogP contribution in [0.3, 0.4) is 0 Å². The molecule has 1 aromatic carbocycles. The van der Waals surface area contributed by atoms with Gasteiger partial charge in [-0.25, -0.2) is 4.98 Å². The standard InChI is InChI=1S/C22H23N5O2/c1-3-19-21-9-6-10-25(21)11-12-26(19)22(28)18-13-16(29-24-18)14-27-15(2)23-17-7-4-5-8-20(17)27/h4-10,13,19H,3,11-12,14H2,1-2H3. The Morgan fingerprint density at radius 1 is 1.21 bits per heavy atom. The van der Waals surface area contributed by atoms with Gasteiger partial charge in [-0.3, -0.25) is 4.79 Å². The van der Waals surface area contributed by atoms with Gasteiger partial charge in [-0.1, -0.05) is 24.2 Å². The maximum atomic E-state index is 13.2. The van der Waals surface area contributed by atoms with E-state index in [2.05, 4.69) is 38.5 Å². The van der Waals surface area contributed by atoms with E-state index in [9.17, 15) is 4.79 Å². The molecule has 5 rings (SSSR count). The number of para-hydroxylation sites is 2. The van der Waals surface area contributed by atoms with E-state index in [4.69, 9.17) is 4.52 Å². The summed E-state index contributed by atoms with van der Waals surface area (Å²) >= 11 is 0. The molecule has 0 bridgehead atoms. The quantitative estimate of drug-likeness (QED) is 0.532. The zero-order valence-electron chi connectivity index (χ0n) is 16.6. The molecule has 1 atom stereocenters. The third-order valence-electron chi connectivity index (χ3n) is 5.75. The summed E-state index contributed by atoms with van der Waals surface area (Å²) in [6, 6.07) is 13.9. The van der Waals surface area contributed by atoms with Crippen molar-refractivity contribution in [3.8, 4) is 0 Å². The Kier molecular flexibility index (Phi) is 4.23. The molecule has 0 saturated carbocycles. The van der Waals surface area contributed by atoms with Gasteiger partial charge in [-0.05, 0) is 37.6 Å². The minimum Gasteiger partial charge on any atom is -0.359 e. The fraction of sp³-hybridized carbons (Fsp3) is 0.318. The van der Waals surface area contributed by atoms with Gasteiger partial charge in [0.15, 0.2) is 11.5 Å². The number of rotatable bonds is 4. The summed E-state index contributed by atoms with van der Waals surface area (Å²) in [6.45, 7) is 6.04. The Hall–Kier alpha value is -3.35. The van der Waals surface area contributed by atoms with Crippen molar-refractivity contribution in [2.75, 3.05) is 6.54 Å². The average Bonchev–Trinajstić information content (AvgIpc) is 3.46. The normalized spacial score (nSPS) is 16.3. The van der Waals surface area contributed by atoms with Crippen LogP contribution in [0.1, 0.15) is 47.2 Å². The highest BCUT2D eigenvalue weighted by Crippen LogP contribution is 2.30. The maximum absolute atomic E-state index is 13.2. The van der Waals surface area contributed by atoms with Gasteiger partial charge in [0.2, 0.25) is 0 Å². The van der Waals surface area contributed by atoms with E-state index in [1.807, 2.05) is 42.2 Å². The third kappa shape index (κ3) is 2.93. The first-order valence-corrected chi connectivity index (χ1v) is 9.99. The lowest BCUT2D eigenvalue weighted by molar-refractivity contribution is 0.0607. The summed E-state index contributed by atoms with van der Waals surface area (Å²) in [4.78, 5) is 19.7. The van der Waals surface area contributed by atoms with E-state index in [0.29, 0.717) is 24.5 Å². The van der Waals surface area contributed by atoms with Crippen LogP contribution in [0.25, 0.3) is 11.0 Å². The number of carbonyl (C=O) groups excluding carboxylic acids is 1. The van der Waals surface area contributed by atoms with Crippen molar-refractivity contribution in [1.82, 2.24) is 24.2 Å². The van der Waals surface area contributed by atoms with Gasteiger partial charge in [-0.15, -0.1) is 0 Å². The van der Waals surface area contributed by atoms with Crippen LogP contribution in [0.15, 0.2) is 53.2 Å². The van der Waals surface area contributed by atoms with Crippen LogP contribution in [0, 0.1) is 6.92 Å². The number of hydrogen-bond acceptors (Lipinski definition) is 4. The van der Waals surface area contributed by atoms with Crippen molar-refractivity contribution in [3.63, 3.8) is 0 Å². The van der Waals surface area contributed by atoms with Gasteiger partial charge in [0, 0.05) is 31.0 Å². The molecular formula is C22H23N5O2. The molecule has 1 amide bonds. The molecule has 0 spiro atoms. The Morgan fingerprint density at radius 2 is 2.07 bits per heavy atom. The van der Waals surface area contributed by atoms with Crippen molar-refractivity contribution >= 4 is 16.9 Å². The Labute approximate surface area is 168 Å².